The fourth-order valence-corrected chi connectivity index (χ4v) is 7.30. The number of aromatic hydroxyl groups is 2. The van der Waals surface area contributed by atoms with E-state index in [0.29, 0.717) is 73.1 Å². The lowest BCUT2D eigenvalue weighted by atomic mass is 9.86. The zero-order chi connectivity index (χ0) is 43.9. The molecule has 0 atom stereocenters. The molecule has 320 valence electrons. The van der Waals surface area contributed by atoms with Crippen LogP contribution in [0.5, 0.6) is 23.0 Å². The highest BCUT2D eigenvalue weighted by Crippen LogP contribution is 2.31. The van der Waals surface area contributed by atoms with Crippen molar-refractivity contribution in [2.24, 2.45) is 11.8 Å². The fraction of sp³-hybridized carbons (Fsp3) is 0.238. The van der Waals surface area contributed by atoms with Gasteiger partial charge in [0.2, 0.25) is 0 Å². The molecule has 0 spiro atoms. The van der Waals surface area contributed by atoms with Gasteiger partial charge in [0, 0.05) is 21.5 Å². The van der Waals surface area contributed by atoms with Crippen LogP contribution in [-0.2, 0) is 0 Å². The minimum atomic E-state index is -0.553. The van der Waals surface area contributed by atoms with E-state index in [1.807, 2.05) is 0 Å². The summed E-state index contributed by atoms with van der Waals surface area (Å²) in [6.45, 7) is 1.37. The number of hydrogen-bond acceptors (Lipinski definition) is 12. The van der Waals surface area contributed by atoms with Gasteiger partial charge in [-0.3, -0.25) is 0 Å². The number of hydrogen-bond donors (Lipinski definition) is 2. The number of rotatable bonds is 6. The van der Waals surface area contributed by atoms with Gasteiger partial charge in [0.25, 0.3) is 0 Å². The molecule has 8 aromatic rings. The van der Waals surface area contributed by atoms with E-state index in [0.717, 1.165) is 18.6 Å². The zero-order valence-electron chi connectivity index (χ0n) is 32.1. The molecule has 0 unspecified atom stereocenters. The molecule has 10 rings (SSSR count). The molecule has 0 bridgehead atoms. The summed E-state index contributed by atoms with van der Waals surface area (Å²) in [6.07, 6.45) is 17.4. The molecule has 0 aromatic carbocycles. The number of pyridine rings is 8. The Bertz CT molecular complexity index is 2710. The maximum atomic E-state index is 13.6. The fourth-order valence-electron chi connectivity index (χ4n) is 6.07. The third kappa shape index (κ3) is 10.8. The normalized spacial score (nSPS) is 13.5. The van der Waals surface area contributed by atoms with Crippen LogP contribution in [0.4, 0.5) is 17.6 Å². The number of aromatic nitrogens is 8. The lowest BCUT2D eigenvalue weighted by Gasteiger charge is -2.25. The van der Waals surface area contributed by atoms with Gasteiger partial charge in [-0.1, -0.05) is 36.0 Å². The average Bonchev–Trinajstić information content (AvgIpc) is 3.23. The first-order chi connectivity index (χ1) is 29.8. The Morgan fingerprint density at radius 1 is 0.484 bits per heavy atom. The summed E-state index contributed by atoms with van der Waals surface area (Å²) in [4.78, 5) is 30.8. The van der Waals surface area contributed by atoms with Gasteiger partial charge in [-0.2, -0.15) is 0 Å². The quantitative estimate of drug-likeness (QED) is 0.120. The highest BCUT2D eigenvalue weighted by atomic mass is 79.9. The summed E-state index contributed by atoms with van der Waals surface area (Å²) >= 11 is 17.9. The number of fused-ring (bicyclic) bond motifs is 4. The molecule has 0 amide bonds. The van der Waals surface area contributed by atoms with Crippen molar-refractivity contribution in [2.45, 2.75) is 38.5 Å². The summed E-state index contributed by atoms with van der Waals surface area (Å²) in [7, 11) is 0. The van der Waals surface area contributed by atoms with Crippen LogP contribution in [-0.4, -0.2) is 63.3 Å². The molecule has 0 radical (unpaired) electrons. The molecular weight excluding hydrogens is 987 g/mol. The van der Waals surface area contributed by atoms with Gasteiger partial charge in [0.15, 0.2) is 33.6 Å². The van der Waals surface area contributed by atoms with Crippen LogP contribution < -0.4 is 9.47 Å². The van der Waals surface area contributed by atoms with E-state index in [2.05, 4.69) is 71.7 Å². The second-order valence-corrected chi connectivity index (χ2v) is 16.3. The Morgan fingerprint density at radius 2 is 0.823 bits per heavy atom. The summed E-state index contributed by atoms with van der Waals surface area (Å²) in [5.41, 5.74) is 1.54. The van der Waals surface area contributed by atoms with Crippen LogP contribution >= 0.6 is 55.1 Å². The number of nitrogens with zero attached hydrogens (tertiary/aromatic N) is 8. The lowest BCUT2D eigenvalue weighted by molar-refractivity contribution is 0.180. The molecule has 62 heavy (non-hydrogen) atoms. The Hall–Kier alpha value is -5.30. The van der Waals surface area contributed by atoms with Crippen molar-refractivity contribution in [3.63, 3.8) is 0 Å². The molecular formula is C42H32Br2Cl2F4N8O4. The highest BCUT2D eigenvalue weighted by molar-refractivity contribution is 9.10. The largest absolute Gasteiger partial charge is 0.506 e. The van der Waals surface area contributed by atoms with E-state index in [4.69, 9.17) is 42.9 Å². The third-order valence-corrected chi connectivity index (χ3v) is 11.6. The Morgan fingerprint density at radius 3 is 1.24 bits per heavy atom. The van der Waals surface area contributed by atoms with Crippen molar-refractivity contribution in [1.82, 2.24) is 39.9 Å². The van der Waals surface area contributed by atoms with Crippen LogP contribution in [0.25, 0.3) is 43.6 Å². The van der Waals surface area contributed by atoms with Gasteiger partial charge < -0.3 is 19.7 Å². The molecule has 20 heteroatoms. The minimum Gasteiger partial charge on any atom is -0.506 e. The van der Waals surface area contributed by atoms with Crippen LogP contribution in [0, 0.1) is 35.1 Å². The number of ether oxygens (including phenoxy) is 2. The first kappa shape index (κ1) is 44.7. The van der Waals surface area contributed by atoms with Crippen molar-refractivity contribution in [3.8, 4) is 23.0 Å². The molecule has 0 saturated heterocycles. The first-order valence-corrected chi connectivity index (χ1v) is 21.2. The van der Waals surface area contributed by atoms with Crippen molar-refractivity contribution in [3.05, 3.63) is 117 Å². The predicted octanol–water partition coefficient (Wildman–Crippen LogP) is 11.7. The van der Waals surface area contributed by atoms with E-state index in [9.17, 15) is 17.6 Å². The van der Waals surface area contributed by atoms with Gasteiger partial charge in [0.05, 0.1) is 62.8 Å². The molecule has 2 saturated carbocycles. The van der Waals surface area contributed by atoms with Gasteiger partial charge in [-0.15, -0.1) is 0 Å². The predicted molar refractivity (Wildman–Crippen MR) is 232 cm³/mol. The van der Waals surface area contributed by atoms with Gasteiger partial charge in [-0.05, 0) is 93.6 Å². The van der Waals surface area contributed by atoms with E-state index in [-0.39, 0.29) is 43.9 Å². The summed E-state index contributed by atoms with van der Waals surface area (Å²) in [5.74, 6) is 0.441. The Kier molecular flexibility index (Phi) is 14.6. The summed E-state index contributed by atoms with van der Waals surface area (Å²) in [6, 6.07) is 5.88. The monoisotopic (exact) mass is 1020 g/mol. The van der Waals surface area contributed by atoms with Crippen molar-refractivity contribution in [2.75, 3.05) is 13.2 Å². The SMILES string of the molecule is Fc1cnc(Br)c2ncc(OCC3CCC3)cc12.Fc1cnc(Cl)c2ncc(OCC3CCC3)cc12.Oc1cnc2c(Br)ncc(F)c2c1.Oc1cnc2c(Cl)ncc(F)c2c1. The maximum absolute atomic E-state index is 13.6. The third-order valence-electron chi connectivity index (χ3n) is 9.87. The average molecular weight is 1020 g/mol. The highest BCUT2D eigenvalue weighted by Gasteiger charge is 2.20. The zero-order valence-corrected chi connectivity index (χ0v) is 36.7. The topological polar surface area (TPSA) is 162 Å². The van der Waals surface area contributed by atoms with Crippen molar-refractivity contribution in [1.29, 1.82) is 0 Å². The van der Waals surface area contributed by atoms with Gasteiger partial charge in [0.1, 0.15) is 54.3 Å². The Labute approximate surface area is 377 Å². The molecule has 12 nitrogen and oxygen atoms in total. The summed E-state index contributed by atoms with van der Waals surface area (Å²) < 4.78 is 65.7. The molecule has 8 aromatic heterocycles. The molecule has 2 aliphatic carbocycles. The summed E-state index contributed by atoms with van der Waals surface area (Å²) in [5, 5.41) is 19.7. The standard InChI is InChI=1S/C13H12BrFN2O.C13H12ClFN2O.C8H4BrFN2O.C8H4ClFN2O/c2*14-13-12-10(11(15)6-17-13)4-9(5-16-12)18-7-8-2-1-3-8;2*9-8-7-5(6(10)3-12-8)1-4(13)2-11-7/h2*4-6,8H,1-3,7H2;2*1-3,13H. The molecule has 0 aliphatic heterocycles. The van der Waals surface area contributed by atoms with E-state index < -0.39 is 17.5 Å². The van der Waals surface area contributed by atoms with Crippen LogP contribution in [0.3, 0.4) is 0 Å². The van der Waals surface area contributed by atoms with Gasteiger partial charge >= 0.3 is 0 Å². The van der Waals surface area contributed by atoms with Crippen LogP contribution in [0.15, 0.2) is 83.0 Å². The lowest BCUT2D eigenvalue weighted by Crippen LogP contribution is -2.19. The van der Waals surface area contributed by atoms with Crippen molar-refractivity contribution < 1.29 is 37.2 Å². The molecule has 2 fully saturated rings. The van der Waals surface area contributed by atoms with Crippen molar-refractivity contribution >= 4 is 98.7 Å². The maximum Gasteiger partial charge on any atom is 0.155 e. The minimum absolute atomic E-state index is 0.0653. The van der Waals surface area contributed by atoms with Crippen LogP contribution in [0.2, 0.25) is 10.3 Å². The molecule has 2 N–H and O–H groups in total. The van der Waals surface area contributed by atoms with E-state index in [1.54, 1.807) is 24.5 Å². The second-order valence-electron chi connectivity index (χ2n) is 14.1. The van der Waals surface area contributed by atoms with Crippen LogP contribution in [0.1, 0.15) is 38.5 Å². The van der Waals surface area contributed by atoms with E-state index in [1.165, 1.54) is 69.2 Å². The molecule has 8 heterocycles. The number of halogens is 8. The molecule has 2 aliphatic rings. The smallest absolute Gasteiger partial charge is 0.155 e. The van der Waals surface area contributed by atoms with Gasteiger partial charge in [-0.25, -0.2) is 57.4 Å². The van der Waals surface area contributed by atoms with E-state index >= 15 is 0 Å². The Balaban J connectivity index is 0.000000126. The first-order valence-electron chi connectivity index (χ1n) is 18.9. The second kappa shape index (κ2) is 20.3.